The highest BCUT2D eigenvalue weighted by molar-refractivity contribution is 5.88. The van der Waals surface area contributed by atoms with Crippen molar-refractivity contribution in [3.63, 3.8) is 0 Å². The van der Waals surface area contributed by atoms with Gasteiger partial charge in [-0.05, 0) is 55.7 Å². The molecule has 140 valence electrons. The van der Waals surface area contributed by atoms with Crippen molar-refractivity contribution < 1.29 is 9.59 Å². The molecule has 1 aromatic rings. The Morgan fingerprint density at radius 2 is 1.85 bits per heavy atom. The number of carbonyl (C=O) groups excluding carboxylic acids is 2. The van der Waals surface area contributed by atoms with Crippen molar-refractivity contribution in [3.05, 3.63) is 30.1 Å². The van der Waals surface area contributed by atoms with Crippen molar-refractivity contribution in [2.75, 3.05) is 0 Å². The summed E-state index contributed by atoms with van der Waals surface area (Å²) < 4.78 is 0. The van der Waals surface area contributed by atoms with Gasteiger partial charge in [-0.25, -0.2) is 4.79 Å². The topological polar surface area (TPSA) is 74.3 Å². The van der Waals surface area contributed by atoms with Crippen LogP contribution in [0.5, 0.6) is 0 Å². The van der Waals surface area contributed by atoms with Crippen LogP contribution in [-0.2, 0) is 11.3 Å². The summed E-state index contributed by atoms with van der Waals surface area (Å²) in [6, 6.07) is 3.94. The zero-order valence-electron chi connectivity index (χ0n) is 15.2. The monoisotopic (exact) mass is 356 g/mol. The summed E-state index contributed by atoms with van der Waals surface area (Å²) in [6.07, 6.45) is 12.2. The molecule has 26 heavy (non-hydrogen) atoms. The number of rotatable bonds is 4. The fourth-order valence-electron chi connectivity index (χ4n) is 4.91. The third kappa shape index (κ3) is 3.55. The summed E-state index contributed by atoms with van der Waals surface area (Å²) >= 11 is 0. The van der Waals surface area contributed by atoms with E-state index < -0.39 is 0 Å². The van der Waals surface area contributed by atoms with E-state index in [1.54, 1.807) is 12.4 Å². The first-order valence-electron chi connectivity index (χ1n) is 9.98. The maximum absolute atomic E-state index is 12.9. The van der Waals surface area contributed by atoms with Crippen LogP contribution in [0.4, 0.5) is 4.79 Å². The number of carbonyl (C=O) groups is 2. The summed E-state index contributed by atoms with van der Waals surface area (Å²) in [5.74, 6) is 0.280. The SMILES string of the molecule is O=C(NCc1ccncc1)[C@H]1[C@H]2CC[C@@H](C2)N1C(=O)NC1CCCCC1. The Balaban J connectivity index is 1.39. The molecule has 2 saturated carbocycles. The third-order valence-corrected chi connectivity index (χ3v) is 6.24. The van der Waals surface area contributed by atoms with Crippen molar-refractivity contribution in [2.24, 2.45) is 5.92 Å². The minimum absolute atomic E-state index is 0.0205. The number of urea groups is 1. The Hall–Kier alpha value is -2.11. The Kier molecular flexibility index (Phi) is 5.09. The molecule has 3 amide bonds. The maximum atomic E-state index is 12.9. The molecular formula is C20H28N4O2. The average molecular weight is 356 g/mol. The van der Waals surface area contributed by atoms with E-state index in [9.17, 15) is 9.59 Å². The normalized spacial score (nSPS) is 28.2. The minimum Gasteiger partial charge on any atom is -0.350 e. The maximum Gasteiger partial charge on any atom is 0.318 e. The molecule has 3 aliphatic rings. The van der Waals surface area contributed by atoms with Crippen LogP contribution in [0.2, 0.25) is 0 Å². The second-order valence-corrected chi connectivity index (χ2v) is 7.94. The van der Waals surface area contributed by atoms with Crippen LogP contribution in [0, 0.1) is 5.92 Å². The van der Waals surface area contributed by atoms with Crippen molar-refractivity contribution >= 4 is 11.9 Å². The molecule has 1 aromatic heterocycles. The Bertz CT molecular complexity index is 644. The number of likely N-dealkylation sites (tertiary alicyclic amines) is 1. The number of fused-ring (bicyclic) bond motifs is 2. The van der Waals surface area contributed by atoms with Gasteiger partial charge in [0.15, 0.2) is 0 Å². The number of nitrogens with zero attached hydrogens (tertiary/aromatic N) is 2. The number of piperidine rings is 1. The number of amides is 3. The van der Waals surface area contributed by atoms with E-state index >= 15 is 0 Å². The molecule has 3 fully saturated rings. The zero-order valence-corrected chi connectivity index (χ0v) is 15.2. The number of aromatic nitrogens is 1. The van der Waals surface area contributed by atoms with Gasteiger partial charge in [-0.15, -0.1) is 0 Å². The molecule has 4 rings (SSSR count). The van der Waals surface area contributed by atoms with Gasteiger partial charge < -0.3 is 15.5 Å². The zero-order chi connectivity index (χ0) is 17.9. The lowest BCUT2D eigenvalue weighted by Gasteiger charge is -2.36. The molecule has 6 nitrogen and oxygen atoms in total. The van der Waals surface area contributed by atoms with Crippen LogP contribution < -0.4 is 10.6 Å². The van der Waals surface area contributed by atoms with Crippen LogP contribution >= 0.6 is 0 Å². The highest BCUT2D eigenvalue weighted by Crippen LogP contribution is 2.42. The van der Waals surface area contributed by atoms with Crippen molar-refractivity contribution in [3.8, 4) is 0 Å². The first kappa shape index (κ1) is 17.3. The lowest BCUT2D eigenvalue weighted by Crippen LogP contribution is -2.57. The molecule has 0 spiro atoms. The first-order chi connectivity index (χ1) is 12.7. The summed E-state index contributed by atoms with van der Waals surface area (Å²) in [5.41, 5.74) is 1.02. The van der Waals surface area contributed by atoms with E-state index in [0.717, 1.165) is 37.7 Å². The van der Waals surface area contributed by atoms with Gasteiger partial charge in [0.1, 0.15) is 6.04 Å². The summed E-state index contributed by atoms with van der Waals surface area (Å²) in [4.78, 5) is 31.6. The van der Waals surface area contributed by atoms with Gasteiger partial charge in [0.2, 0.25) is 5.91 Å². The highest BCUT2D eigenvalue weighted by atomic mass is 16.2. The van der Waals surface area contributed by atoms with E-state index in [1.807, 2.05) is 17.0 Å². The predicted molar refractivity (Wildman–Crippen MR) is 98.2 cm³/mol. The minimum atomic E-state index is -0.320. The van der Waals surface area contributed by atoms with Crippen LogP contribution in [0.1, 0.15) is 56.9 Å². The summed E-state index contributed by atoms with van der Waals surface area (Å²) in [7, 11) is 0. The fourth-order valence-corrected chi connectivity index (χ4v) is 4.91. The van der Waals surface area contributed by atoms with E-state index in [4.69, 9.17) is 0 Å². The summed E-state index contributed by atoms with van der Waals surface area (Å²) in [6.45, 7) is 0.479. The third-order valence-electron chi connectivity index (χ3n) is 6.24. The molecule has 6 heteroatoms. The van der Waals surface area contributed by atoms with Crippen molar-refractivity contribution in [1.29, 1.82) is 0 Å². The molecule has 1 aliphatic heterocycles. The molecule has 2 bridgehead atoms. The average Bonchev–Trinajstić information content (AvgIpc) is 3.29. The predicted octanol–water partition coefficient (Wildman–Crippen LogP) is 2.59. The lowest BCUT2D eigenvalue weighted by molar-refractivity contribution is -0.127. The van der Waals surface area contributed by atoms with Gasteiger partial charge in [-0.2, -0.15) is 0 Å². The molecule has 2 heterocycles. The molecule has 3 atom stereocenters. The standard InChI is InChI=1S/C20H28N4O2/c25-19(22-13-14-8-10-21-11-9-14)18-15-6-7-17(12-15)24(18)20(26)23-16-4-2-1-3-5-16/h8-11,15-18H,1-7,12-13H2,(H,22,25)(H,23,26)/t15-,17-,18+/m0/s1. The van der Waals surface area contributed by atoms with Gasteiger partial charge in [-0.3, -0.25) is 9.78 Å². The number of hydrogen-bond acceptors (Lipinski definition) is 3. The van der Waals surface area contributed by atoms with Crippen molar-refractivity contribution in [1.82, 2.24) is 20.5 Å². The van der Waals surface area contributed by atoms with Crippen molar-refractivity contribution in [2.45, 2.75) is 76.0 Å². The second-order valence-electron chi connectivity index (χ2n) is 7.94. The largest absolute Gasteiger partial charge is 0.350 e. The second kappa shape index (κ2) is 7.64. The summed E-state index contributed by atoms with van der Waals surface area (Å²) in [5, 5.41) is 6.23. The Morgan fingerprint density at radius 3 is 2.62 bits per heavy atom. The number of nitrogens with one attached hydrogen (secondary N) is 2. The fraction of sp³-hybridized carbons (Fsp3) is 0.650. The Morgan fingerprint density at radius 1 is 1.08 bits per heavy atom. The molecule has 0 radical (unpaired) electrons. The lowest BCUT2D eigenvalue weighted by atomic mass is 9.95. The molecule has 0 aromatic carbocycles. The molecule has 2 N–H and O–H groups in total. The Labute approximate surface area is 154 Å². The van der Waals surface area contributed by atoms with Gasteiger partial charge in [-0.1, -0.05) is 19.3 Å². The number of pyridine rings is 1. The van der Waals surface area contributed by atoms with E-state index in [1.165, 1.54) is 19.3 Å². The van der Waals surface area contributed by atoms with Crippen LogP contribution in [0.15, 0.2) is 24.5 Å². The van der Waals surface area contributed by atoms with Gasteiger partial charge in [0.05, 0.1) is 0 Å². The molecule has 2 aliphatic carbocycles. The molecule has 0 unspecified atom stereocenters. The smallest absolute Gasteiger partial charge is 0.318 e. The molecule has 1 saturated heterocycles. The van der Waals surface area contributed by atoms with Gasteiger partial charge in [0.25, 0.3) is 0 Å². The van der Waals surface area contributed by atoms with Gasteiger partial charge >= 0.3 is 6.03 Å². The quantitative estimate of drug-likeness (QED) is 0.871. The van der Waals surface area contributed by atoms with E-state index in [0.29, 0.717) is 12.5 Å². The van der Waals surface area contributed by atoms with Crippen LogP contribution in [-0.4, -0.2) is 39.9 Å². The van der Waals surface area contributed by atoms with Gasteiger partial charge in [0, 0.05) is 31.0 Å². The van der Waals surface area contributed by atoms with Crippen LogP contribution in [0.3, 0.4) is 0 Å². The first-order valence-corrected chi connectivity index (χ1v) is 9.98. The highest BCUT2D eigenvalue weighted by Gasteiger charge is 2.51. The van der Waals surface area contributed by atoms with E-state index in [2.05, 4.69) is 15.6 Å². The molecular weight excluding hydrogens is 328 g/mol. The van der Waals surface area contributed by atoms with Crippen LogP contribution in [0.25, 0.3) is 0 Å². The van der Waals surface area contributed by atoms with E-state index in [-0.39, 0.29) is 30.1 Å². The number of hydrogen-bond donors (Lipinski definition) is 2.